The van der Waals surface area contributed by atoms with Gasteiger partial charge >= 0.3 is 0 Å². The number of benzene rings is 2. The first-order valence-corrected chi connectivity index (χ1v) is 8.31. The van der Waals surface area contributed by atoms with Gasteiger partial charge in [0.05, 0.1) is 6.42 Å². The molecule has 0 fully saturated rings. The van der Waals surface area contributed by atoms with Gasteiger partial charge in [-0.25, -0.2) is 9.97 Å². The summed E-state index contributed by atoms with van der Waals surface area (Å²) >= 11 is 0. The van der Waals surface area contributed by atoms with Crippen LogP contribution in [0.4, 0.5) is 11.4 Å². The number of nitrogens with zero attached hydrogens (tertiary/aromatic N) is 2. The summed E-state index contributed by atoms with van der Waals surface area (Å²) in [5.74, 6) is 5.97. The third-order valence-corrected chi connectivity index (χ3v) is 4.00. The van der Waals surface area contributed by atoms with Gasteiger partial charge in [0.15, 0.2) is 0 Å². The Kier molecular flexibility index (Phi) is 4.33. The zero-order valence-corrected chi connectivity index (χ0v) is 14.2. The highest BCUT2D eigenvalue weighted by atomic mass is 16.2. The van der Waals surface area contributed by atoms with Gasteiger partial charge in [0.25, 0.3) is 5.91 Å². The van der Waals surface area contributed by atoms with Crippen molar-refractivity contribution >= 4 is 23.2 Å². The Morgan fingerprint density at radius 2 is 1.89 bits per heavy atom. The molecule has 0 radical (unpaired) electrons. The molecule has 3 aromatic rings. The lowest BCUT2D eigenvalue weighted by Gasteiger charge is -2.07. The average molecular weight is 354 g/mol. The first-order chi connectivity index (χ1) is 13.2. The van der Waals surface area contributed by atoms with Gasteiger partial charge in [-0.05, 0) is 53.9 Å². The SMILES string of the molecule is O=C1Cc2cc(NC(=O)c3cccc(C#Cc4ncccn4)c3)ccc2N1. The Labute approximate surface area is 155 Å². The molecule has 2 amide bonds. The Morgan fingerprint density at radius 1 is 1.04 bits per heavy atom. The summed E-state index contributed by atoms with van der Waals surface area (Å²) in [4.78, 5) is 32.1. The third kappa shape index (κ3) is 3.83. The van der Waals surface area contributed by atoms with Gasteiger partial charge in [-0.3, -0.25) is 9.59 Å². The number of carbonyl (C=O) groups is 2. The molecule has 6 heteroatoms. The number of nitrogens with one attached hydrogen (secondary N) is 2. The van der Waals surface area contributed by atoms with Crippen molar-refractivity contribution in [2.45, 2.75) is 6.42 Å². The van der Waals surface area contributed by atoms with Crippen LogP contribution in [0.15, 0.2) is 60.9 Å². The molecule has 0 saturated carbocycles. The van der Waals surface area contributed by atoms with Crippen LogP contribution in [0.5, 0.6) is 0 Å². The molecule has 2 N–H and O–H groups in total. The molecule has 27 heavy (non-hydrogen) atoms. The highest BCUT2D eigenvalue weighted by Gasteiger charge is 2.18. The molecule has 4 rings (SSSR count). The van der Waals surface area contributed by atoms with Crippen molar-refractivity contribution in [1.82, 2.24) is 9.97 Å². The fourth-order valence-corrected chi connectivity index (χ4v) is 2.74. The fourth-order valence-electron chi connectivity index (χ4n) is 2.74. The molecule has 130 valence electrons. The summed E-state index contributed by atoms with van der Waals surface area (Å²) in [5.41, 5.74) is 3.49. The number of aromatic nitrogens is 2. The number of amides is 2. The molecule has 0 bridgehead atoms. The molecular weight excluding hydrogens is 340 g/mol. The van der Waals surface area contributed by atoms with Gasteiger partial charge in [0.1, 0.15) is 0 Å². The summed E-state index contributed by atoms with van der Waals surface area (Å²) in [5, 5.41) is 5.62. The topological polar surface area (TPSA) is 84.0 Å². The van der Waals surface area contributed by atoms with E-state index in [1.807, 2.05) is 12.1 Å². The van der Waals surface area contributed by atoms with Crippen LogP contribution in [0.3, 0.4) is 0 Å². The second-order valence-corrected chi connectivity index (χ2v) is 5.95. The Hall–Kier alpha value is -3.98. The molecule has 6 nitrogen and oxygen atoms in total. The monoisotopic (exact) mass is 354 g/mol. The summed E-state index contributed by atoms with van der Waals surface area (Å²) in [6, 6.07) is 14.1. The average Bonchev–Trinajstić information content (AvgIpc) is 3.07. The van der Waals surface area contributed by atoms with Crippen LogP contribution in [0.25, 0.3) is 0 Å². The maximum Gasteiger partial charge on any atom is 0.255 e. The number of hydrogen-bond donors (Lipinski definition) is 2. The highest BCUT2D eigenvalue weighted by molar-refractivity contribution is 6.05. The van der Waals surface area contributed by atoms with Crippen molar-refractivity contribution < 1.29 is 9.59 Å². The molecule has 0 unspecified atom stereocenters. The summed E-state index contributed by atoms with van der Waals surface area (Å²) in [6.45, 7) is 0. The number of anilines is 2. The molecule has 2 heterocycles. The van der Waals surface area contributed by atoms with E-state index in [2.05, 4.69) is 32.4 Å². The Morgan fingerprint density at radius 3 is 2.74 bits per heavy atom. The number of carbonyl (C=O) groups excluding carboxylic acids is 2. The van der Waals surface area contributed by atoms with E-state index < -0.39 is 0 Å². The molecule has 0 spiro atoms. The maximum atomic E-state index is 12.5. The molecule has 0 aliphatic carbocycles. The highest BCUT2D eigenvalue weighted by Crippen LogP contribution is 2.26. The predicted octanol–water partition coefficient (Wildman–Crippen LogP) is 2.62. The van der Waals surface area contributed by atoms with Crippen molar-refractivity contribution in [3.8, 4) is 11.8 Å². The van der Waals surface area contributed by atoms with Crippen molar-refractivity contribution in [2.24, 2.45) is 0 Å². The van der Waals surface area contributed by atoms with Gasteiger partial charge in [-0.2, -0.15) is 0 Å². The van der Waals surface area contributed by atoms with E-state index in [9.17, 15) is 9.59 Å². The number of hydrogen-bond acceptors (Lipinski definition) is 4. The van der Waals surface area contributed by atoms with Gasteiger partial charge in [-0.1, -0.05) is 12.0 Å². The van der Waals surface area contributed by atoms with E-state index >= 15 is 0 Å². The lowest BCUT2D eigenvalue weighted by atomic mass is 10.1. The second-order valence-electron chi connectivity index (χ2n) is 5.95. The summed E-state index contributed by atoms with van der Waals surface area (Å²) in [7, 11) is 0. The molecule has 1 aliphatic heterocycles. The number of fused-ring (bicyclic) bond motifs is 1. The zero-order chi connectivity index (χ0) is 18.6. The summed E-state index contributed by atoms with van der Waals surface area (Å²) < 4.78 is 0. The van der Waals surface area contributed by atoms with Crippen molar-refractivity contribution in [1.29, 1.82) is 0 Å². The lowest BCUT2D eigenvalue weighted by molar-refractivity contribution is -0.115. The smallest absolute Gasteiger partial charge is 0.255 e. The van der Waals surface area contributed by atoms with Gasteiger partial charge < -0.3 is 10.6 Å². The Balaban J connectivity index is 1.51. The summed E-state index contributed by atoms with van der Waals surface area (Å²) in [6.07, 6.45) is 3.58. The van der Waals surface area contributed by atoms with Gasteiger partial charge in [0, 0.05) is 34.9 Å². The van der Waals surface area contributed by atoms with E-state index in [1.165, 1.54) is 0 Å². The minimum Gasteiger partial charge on any atom is -0.326 e. The molecule has 1 aliphatic rings. The van der Waals surface area contributed by atoms with Crippen LogP contribution in [-0.2, 0) is 11.2 Å². The lowest BCUT2D eigenvalue weighted by Crippen LogP contribution is -2.12. The van der Waals surface area contributed by atoms with Crippen LogP contribution in [0.2, 0.25) is 0 Å². The largest absolute Gasteiger partial charge is 0.326 e. The van der Waals surface area contributed by atoms with E-state index in [4.69, 9.17) is 0 Å². The standard InChI is InChI=1S/C21H14N4O2/c26-20-13-16-12-17(6-7-18(16)25-20)24-21(27)15-4-1-3-14(11-15)5-8-19-22-9-2-10-23-19/h1-4,6-7,9-12H,13H2,(H,24,27)(H,25,26). The van der Waals surface area contributed by atoms with Crippen molar-refractivity contribution in [3.05, 3.63) is 83.4 Å². The molecule has 0 saturated heterocycles. The van der Waals surface area contributed by atoms with Crippen LogP contribution in [0.1, 0.15) is 27.3 Å². The number of rotatable bonds is 2. The van der Waals surface area contributed by atoms with Gasteiger partial charge in [0.2, 0.25) is 11.7 Å². The van der Waals surface area contributed by atoms with E-state index in [0.717, 1.165) is 11.3 Å². The van der Waals surface area contributed by atoms with Crippen LogP contribution < -0.4 is 10.6 Å². The molecule has 2 aromatic carbocycles. The normalized spacial score (nSPS) is 11.8. The Bertz CT molecular complexity index is 1100. The predicted molar refractivity (Wildman–Crippen MR) is 101 cm³/mol. The minimum atomic E-state index is -0.244. The fraction of sp³-hybridized carbons (Fsp3) is 0.0476. The first kappa shape index (κ1) is 16.5. The minimum absolute atomic E-state index is 0.0397. The molecule has 1 aromatic heterocycles. The van der Waals surface area contributed by atoms with Gasteiger partial charge in [-0.15, -0.1) is 0 Å². The van der Waals surface area contributed by atoms with Crippen molar-refractivity contribution in [3.63, 3.8) is 0 Å². The quantitative estimate of drug-likeness (QED) is 0.693. The van der Waals surface area contributed by atoms with E-state index in [-0.39, 0.29) is 11.8 Å². The van der Waals surface area contributed by atoms with E-state index in [0.29, 0.717) is 29.1 Å². The second kappa shape index (κ2) is 7.10. The van der Waals surface area contributed by atoms with Crippen LogP contribution in [-0.4, -0.2) is 21.8 Å². The van der Waals surface area contributed by atoms with Crippen molar-refractivity contribution in [2.75, 3.05) is 10.6 Å². The first-order valence-electron chi connectivity index (χ1n) is 8.31. The third-order valence-electron chi connectivity index (χ3n) is 4.00. The van der Waals surface area contributed by atoms with E-state index in [1.54, 1.807) is 48.8 Å². The zero-order valence-electron chi connectivity index (χ0n) is 14.2. The molecule has 0 atom stereocenters. The molecular formula is C21H14N4O2. The van der Waals surface area contributed by atoms with Crippen LogP contribution >= 0.6 is 0 Å². The maximum absolute atomic E-state index is 12.5. The van der Waals surface area contributed by atoms with Crippen LogP contribution in [0, 0.1) is 11.8 Å².